The number of rotatable bonds is 3. The van der Waals surface area contributed by atoms with Crippen molar-refractivity contribution in [1.82, 2.24) is 4.90 Å². The molecule has 106 valence electrons. The molecule has 2 N–H and O–H groups in total. The topological polar surface area (TPSA) is 38.5 Å². The van der Waals surface area contributed by atoms with E-state index < -0.39 is 0 Å². The van der Waals surface area contributed by atoms with Crippen LogP contribution in [0.5, 0.6) is 0 Å². The van der Waals surface area contributed by atoms with Gasteiger partial charge in [-0.25, -0.2) is 0 Å². The molecule has 2 aliphatic rings. The molecule has 0 aliphatic carbocycles. The van der Waals surface area contributed by atoms with Gasteiger partial charge in [0.15, 0.2) is 0 Å². The molecule has 3 heteroatoms. The lowest BCUT2D eigenvalue weighted by Crippen LogP contribution is -2.64. The number of nitrogens with zero attached hydrogens (tertiary/aromatic N) is 1. The molecule has 0 aromatic rings. The zero-order chi connectivity index (χ0) is 13.6. The van der Waals surface area contributed by atoms with Crippen LogP contribution in [0.1, 0.15) is 60.3 Å². The van der Waals surface area contributed by atoms with E-state index in [1.807, 2.05) is 0 Å². The number of hydrogen-bond acceptors (Lipinski definition) is 3. The lowest BCUT2D eigenvalue weighted by Gasteiger charge is -2.48. The van der Waals surface area contributed by atoms with Crippen LogP contribution in [0.3, 0.4) is 0 Å². The monoisotopic (exact) mass is 254 g/mol. The zero-order valence-electron chi connectivity index (χ0n) is 12.8. The lowest BCUT2D eigenvalue weighted by molar-refractivity contribution is -0.106. The van der Waals surface area contributed by atoms with Gasteiger partial charge in [-0.1, -0.05) is 6.92 Å². The zero-order valence-corrected chi connectivity index (χ0v) is 12.8. The Bertz CT molecular complexity index is 314. The highest BCUT2D eigenvalue weighted by Gasteiger charge is 2.60. The minimum Gasteiger partial charge on any atom is -0.368 e. The molecule has 2 rings (SSSR count). The Morgan fingerprint density at radius 1 is 1.28 bits per heavy atom. The van der Waals surface area contributed by atoms with Gasteiger partial charge in [0.2, 0.25) is 0 Å². The van der Waals surface area contributed by atoms with Crippen molar-refractivity contribution >= 4 is 0 Å². The van der Waals surface area contributed by atoms with Crippen molar-refractivity contribution in [3.05, 3.63) is 0 Å². The van der Waals surface area contributed by atoms with Gasteiger partial charge >= 0.3 is 0 Å². The van der Waals surface area contributed by atoms with Gasteiger partial charge in [-0.3, -0.25) is 4.90 Å². The Morgan fingerprint density at radius 3 is 2.39 bits per heavy atom. The molecule has 2 fully saturated rings. The lowest BCUT2D eigenvalue weighted by atomic mass is 9.77. The summed E-state index contributed by atoms with van der Waals surface area (Å²) in [5.41, 5.74) is 6.02. The molecule has 2 atom stereocenters. The third kappa shape index (κ3) is 2.00. The predicted octanol–water partition coefficient (Wildman–Crippen LogP) is 2.54. The predicted molar refractivity (Wildman–Crippen MR) is 75.7 cm³/mol. The van der Waals surface area contributed by atoms with Crippen LogP contribution in [0.25, 0.3) is 0 Å². The van der Waals surface area contributed by atoms with Gasteiger partial charge in [-0.05, 0) is 59.9 Å². The second-order valence-corrected chi connectivity index (χ2v) is 7.18. The molecular formula is C15H30N2O. The fraction of sp³-hybridized carbons (Fsp3) is 1.00. The molecule has 0 bridgehead atoms. The van der Waals surface area contributed by atoms with Crippen molar-refractivity contribution in [2.75, 3.05) is 13.1 Å². The highest BCUT2D eigenvalue weighted by molar-refractivity contribution is 5.15. The second-order valence-electron chi connectivity index (χ2n) is 7.18. The molecule has 0 saturated carbocycles. The number of hydrogen-bond donors (Lipinski definition) is 1. The summed E-state index contributed by atoms with van der Waals surface area (Å²) >= 11 is 0. The summed E-state index contributed by atoms with van der Waals surface area (Å²) in [5.74, 6) is 0. The number of ether oxygens (including phenoxy) is 1. The summed E-state index contributed by atoms with van der Waals surface area (Å²) in [6, 6.07) is 0.685. The van der Waals surface area contributed by atoms with Gasteiger partial charge in [0, 0.05) is 12.6 Å². The van der Waals surface area contributed by atoms with E-state index in [9.17, 15) is 0 Å². The van der Waals surface area contributed by atoms with Crippen LogP contribution in [0, 0.1) is 0 Å². The Morgan fingerprint density at radius 2 is 1.94 bits per heavy atom. The molecule has 18 heavy (non-hydrogen) atoms. The Hall–Kier alpha value is -0.120. The molecule has 0 amide bonds. The summed E-state index contributed by atoms with van der Waals surface area (Å²) in [7, 11) is 0. The summed E-state index contributed by atoms with van der Waals surface area (Å²) in [4.78, 5) is 2.67. The molecular weight excluding hydrogens is 224 g/mol. The fourth-order valence-corrected chi connectivity index (χ4v) is 4.45. The van der Waals surface area contributed by atoms with E-state index in [1.54, 1.807) is 0 Å². The quantitative estimate of drug-likeness (QED) is 0.841. The van der Waals surface area contributed by atoms with Gasteiger partial charge < -0.3 is 10.5 Å². The van der Waals surface area contributed by atoms with Gasteiger partial charge in [0.05, 0.1) is 16.7 Å². The van der Waals surface area contributed by atoms with Crippen molar-refractivity contribution in [2.24, 2.45) is 5.73 Å². The van der Waals surface area contributed by atoms with E-state index in [1.165, 1.54) is 25.8 Å². The van der Waals surface area contributed by atoms with Crippen LogP contribution >= 0.6 is 0 Å². The third-order valence-corrected chi connectivity index (χ3v) is 5.11. The van der Waals surface area contributed by atoms with Crippen LogP contribution in [0.4, 0.5) is 0 Å². The number of likely N-dealkylation sites (tertiary alicyclic amines) is 1. The summed E-state index contributed by atoms with van der Waals surface area (Å²) in [5, 5.41) is 0. The summed E-state index contributed by atoms with van der Waals surface area (Å²) in [6.45, 7) is 13.0. The largest absolute Gasteiger partial charge is 0.368 e. The van der Waals surface area contributed by atoms with Crippen LogP contribution in [0.15, 0.2) is 0 Å². The third-order valence-electron chi connectivity index (χ3n) is 5.11. The first-order valence-corrected chi connectivity index (χ1v) is 7.45. The molecule has 2 aliphatic heterocycles. The first-order chi connectivity index (χ1) is 8.28. The van der Waals surface area contributed by atoms with E-state index in [0.29, 0.717) is 12.6 Å². The first kappa shape index (κ1) is 14.3. The molecule has 3 nitrogen and oxygen atoms in total. The molecule has 0 spiro atoms. The van der Waals surface area contributed by atoms with Crippen LogP contribution in [0.2, 0.25) is 0 Å². The maximum Gasteiger partial charge on any atom is 0.0830 e. The van der Waals surface area contributed by atoms with Gasteiger partial charge in [0.1, 0.15) is 0 Å². The van der Waals surface area contributed by atoms with Crippen molar-refractivity contribution in [1.29, 1.82) is 0 Å². The Labute approximate surface area is 112 Å². The molecule has 0 aromatic carbocycles. The average Bonchev–Trinajstić information content (AvgIpc) is 2.78. The standard InChI is InChI=1S/C15H30N2O/c1-6-12-8-7-9-17(12)15(11-16)10-13(2,3)18-14(15,4)5/h12H,6-11,16H2,1-5H3. The van der Waals surface area contributed by atoms with E-state index in [-0.39, 0.29) is 16.7 Å². The molecule has 2 heterocycles. The highest BCUT2D eigenvalue weighted by Crippen LogP contribution is 2.50. The van der Waals surface area contributed by atoms with E-state index in [2.05, 4.69) is 39.5 Å². The summed E-state index contributed by atoms with van der Waals surface area (Å²) < 4.78 is 6.33. The molecule has 2 saturated heterocycles. The van der Waals surface area contributed by atoms with Crippen LogP contribution in [-0.4, -0.2) is 40.8 Å². The van der Waals surface area contributed by atoms with Crippen LogP contribution < -0.4 is 5.73 Å². The van der Waals surface area contributed by atoms with Crippen molar-refractivity contribution in [2.45, 2.75) is 83.1 Å². The number of nitrogens with two attached hydrogens (primary N) is 1. The second kappa shape index (κ2) is 4.46. The maximum atomic E-state index is 6.33. The first-order valence-electron chi connectivity index (χ1n) is 7.45. The highest BCUT2D eigenvalue weighted by atomic mass is 16.5. The van der Waals surface area contributed by atoms with Crippen molar-refractivity contribution in [3.8, 4) is 0 Å². The Kier molecular flexibility index (Phi) is 3.54. The van der Waals surface area contributed by atoms with Gasteiger partial charge in [-0.15, -0.1) is 0 Å². The van der Waals surface area contributed by atoms with E-state index in [4.69, 9.17) is 10.5 Å². The minimum atomic E-state index is -0.164. The SMILES string of the molecule is CCC1CCCN1C1(CN)CC(C)(C)OC1(C)C. The molecule has 0 aromatic heterocycles. The smallest absolute Gasteiger partial charge is 0.0830 e. The fourth-order valence-electron chi connectivity index (χ4n) is 4.45. The van der Waals surface area contributed by atoms with Crippen molar-refractivity contribution < 1.29 is 4.74 Å². The summed E-state index contributed by atoms with van der Waals surface area (Å²) in [6.07, 6.45) is 4.88. The van der Waals surface area contributed by atoms with Gasteiger partial charge in [-0.2, -0.15) is 0 Å². The minimum absolute atomic E-state index is 0.00762. The van der Waals surface area contributed by atoms with E-state index in [0.717, 1.165) is 6.42 Å². The van der Waals surface area contributed by atoms with Crippen LogP contribution in [-0.2, 0) is 4.74 Å². The van der Waals surface area contributed by atoms with Crippen molar-refractivity contribution in [3.63, 3.8) is 0 Å². The van der Waals surface area contributed by atoms with E-state index >= 15 is 0 Å². The molecule has 2 unspecified atom stereocenters. The average molecular weight is 254 g/mol. The normalized spacial score (nSPS) is 39.3. The maximum absolute atomic E-state index is 6.33. The van der Waals surface area contributed by atoms with Gasteiger partial charge in [0.25, 0.3) is 0 Å². The Balaban J connectivity index is 2.36. The molecule has 0 radical (unpaired) electrons.